The summed E-state index contributed by atoms with van der Waals surface area (Å²) in [6.07, 6.45) is 24.3. The zero-order chi connectivity index (χ0) is 55.2. The van der Waals surface area contributed by atoms with E-state index in [1.807, 2.05) is 39.8 Å². The number of rotatable bonds is 23. The van der Waals surface area contributed by atoms with Crippen molar-refractivity contribution >= 4 is 5.97 Å². The van der Waals surface area contributed by atoms with Gasteiger partial charge in [-0.05, 0) is 139 Å². The molecule has 0 bridgehead atoms. The lowest BCUT2D eigenvalue weighted by atomic mass is 9.77. The zero-order valence-electron chi connectivity index (χ0n) is 47.9. The van der Waals surface area contributed by atoms with Crippen LogP contribution in [0.5, 0.6) is 0 Å². The average molecular weight is 1050 g/mol. The van der Waals surface area contributed by atoms with Crippen LogP contribution in [0.1, 0.15) is 153 Å². The molecule has 3 saturated heterocycles. The summed E-state index contributed by atoms with van der Waals surface area (Å²) in [4.78, 5) is 23.0. The predicted molar refractivity (Wildman–Crippen MR) is 292 cm³/mol. The van der Waals surface area contributed by atoms with Crippen LogP contribution in [0, 0.1) is 17.8 Å². The predicted octanol–water partition coefficient (Wildman–Crippen LogP) is 8.68. The fourth-order valence-electron chi connectivity index (χ4n) is 10.7. The quantitative estimate of drug-likeness (QED) is 0.0371. The summed E-state index contributed by atoms with van der Waals surface area (Å²) in [5.74, 6) is -2.88. The number of allylic oxidation sites excluding steroid dienone is 12. The molecule has 0 aromatic carbocycles. The largest absolute Gasteiger partial charge is 0.459 e. The minimum atomic E-state index is -1.92. The van der Waals surface area contributed by atoms with Gasteiger partial charge in [0.15, 0.2) is 12.6 Å². The maximum Gasteiger partial charge on any atom is 0.311 e. The molecule has 0 spiro atoms. The van der Waals surface area contributed by atoms with E-state index in [1.54, 1.807) is 46.6 Å². The Morgan fingerprint density at radius 3 is 1.84 bits per heavy atom. The lowest BCUT2D eigenvalue weighted by Gasteiger charge is -2.48. The fourth-order valence-corrected chi connectivity index (χ4v) is 10.7. The summed E-state index contributed by atoms with van der Waals surface area (Å²) >= 11 is 0. The first-order valence-electron chi connectivity index (χ1n) is 27.8. The number of carbonyl (C=O) groups is 1. The molecule has 0 amide bonds. The van der Waals surface area contributed by atoms with E-state index in [1.165, 1.54) is 14.0 Å². The van der Waals surface area contributed by atoms with Crippen molar-refractivity contribution in [2.24, 2.45) is 17.8 Å². The molecule has 3 heterocycles. The van der Waals surface area contributed by atoms with Gasteiger partial charge in [0.1, 0.15) is 30.0 Å². The van der Waals surface area contributed by atoms with Crippen molar-refractivity contribution in [2.75, 3.05) is 34.4 Å². The summed E-state index contributed by atoms with van der Waals surface area (Å²) in [6, 6.07) is -1.09. The van der Waals surface area contributed by atoms with E-state index in [4.69, 9.17) is 33.3 Å². The second-order valence-corrected chi connectivity index (χ2v) is 22.2. The summed E-state index contributed by atoms with van der Waals surface area (Å²) < 4.78 is 38.1. The number of aliphatic hydroxyl groups excluding tert-OH is 3. The standard InChI is InChI=1S/C59H102N2O13/c1-15-17-18-19-20-21-22-23-24-25-26-27-28-29-30-31-32-33-34-35-36-69-61-40-41(3)38-57(9,66)54(74-56-50(62)47(60(12)13)37-42(4)70-56)43(5)51(73-49-39-58(10,68-14)53(64)46(8)71-49)44(6)55(65)72-48(16-2)59(11,67)52(63)45(61)7/h17-18,20-21,23-24,26-27,29-30,32-33,41-54,56,62-64,66-67H,15-16,19,22,25,28,31,34-40H2,1-14H3/b18-17-,21-20-,24-23-,27-26-,30-29-,33-32-/t41?,42-,43+,44-,45-,46?,47+,48-,49?,50-,51+,52-,53?,54-,56+,57-,58?,59-/m1/s1. The van der Waals surface area contributed by atoms with Crippen molar-refractivity contribution in [3.8, 4) is 0 Å². The first kappa shape index (κ1) is 65.7. The molecule has 0 radical (unpaired) electrons. The van der Waals surface area contributed by atoms with E-state index in [0.29, 0.717) is 19.4 Å². The smallest absolute Gasteiger partial charge is 0.311 e. The highest BCUT2D eigenvalue weighted by Crippen LogP contribution is 2.40. The first-order chi connectivity index (χ1) is 34.9. The first-order valence-corrected chi connectivity index (χ1v) is 27.8. The van der Waals surface area contributed by atoms with Gasteiger partial charge in [0.2, 0.25) is 0 Å². The number of aliphatic hydroxyl groups is 5. The van der Waals surface area contributed by atoms with Crippen LogP contribution < -0.4 is 0 Å². The second-order valence-electron chi connectivity index (χ2n) is 22.2. The van der Waals surface area contributed by atoms with E-state index in [0.717, 1.165) is 44.9 Å². The van der Waals surface area contributed by atoms with Crippen LogP contribution in [0.15, 0.2) is 72.9 Å². The van der Waals surface area contributed by atoms with Gasteiger partial charge in [-0.15, -0.1) is 0 Å². The van der Waals surface area contributed by atoms with Gasteiger partial charge in [-0.1, -0.05) is 101 Å². The van der Waals surface area contributed by atoms with Gasteiger partial charge >= 0.3 is 5.97 Å². The van der Waals surface area contributed by atoms with Gasteiger partial charge in [-0.2, -0.15) is 5.06 Å². The zero-order valence-corrected chi connectivity index (χ0v) is 47.9. The second kappa shape index (κ2) is 32.3. The number of nitrogens with zero attached hydrogens (tertiary/aromatic N) is 2. The fraction of sp³-hybridized carbons (Fsp3) is 0.780. The number of carbonyl (C=O) groups excluding carboxylic acids is 1. The van der Waals surface area contributed by atoms with Gasteiger partial charge in [-0.25, -0.2) is 0 Å². The van der Waals surface area contributed by atoms with Gasteiger partial charge in [-0.3, -0.25) is 9.63 Å². The van der Waals surface area contributed by atoms with Crippen molar-refractivity contribution in [1.29, 1.82) is 0 Å². The van der Waals surface area contributed by atoms with Crippen molar-refractivity contribution in [2.45, 2.75) is 244 Å². The highest BCUT2D eigenvalue weighted by molar-refractivity contribution is 5.73. The van der Waals surface area contributed by atoms with Crippen molar-refractivity contribution in [1.82, 2.24) is 9.96 Å². The monoisotopic (exact) mass is 1050 g/mol. The lowest BCUT2D eigenvalue weighted by molar-refractivity contribution is -0.318. The third kappa shape index (κ3) is 20.0. The number of hydrogen-bond acceptors (Lipinski definition) is 15. The minimum absolute atomic E-state index is 0.110. The number of esters is 1. The minimum Gasteiger partial charge on any atom is -0.459 e. The van der Waals surface area contributed by atoms with Crippen LogP contribution in [0.4, 0.5) is 0 Å². The Bertz CT molecular complexity index is 1780. The van der Waals surface area contributed by atoms with Gasteiger partial charge < -0.3 is 58.9 Å². The number of hydroxylamine groups is 2. The summed E-state index contributed by atoms with van der Waals surface area (Å²) in [5.41, 5.74) is -4.63. The molecule has 74 heavy (non-hydrogen) atoms. The van der Waals surface area contributed by atoms with E-state index >= 15 is 0 Å². The number of cyclic esters (lactones) is 1. The molecule has 5 unspecified atom stereocenters. The molecule has 0 aliphatic carbocycles. The Morgan fingerprint density at radius 2 is 1.31 bits per heavy atom. The molecule has 3 rings (SSSR count). The van der Waals surface area contributed by atoms with Crippen LogP contribution >= 0.6 is 0 Å². The normalized spacial score (nSPS) is 39.1. The number of likely N-dealkylation sites (N-methyl/N-ethyl adjacent to an activating group) is 1. The Hall–Kier alpha value is -2.61. The van der Waals surface area contributed by atoms with E-state index in [9.17, 15) is 30.3 Å². The Labute approximate surface area is 446 Å². The SMILES string of the molecule is CC/C=C\C/C=C\C/C=C\C/C=C\C/C=C\C/C=C\CCCON1CC(C)C[C@@](C)(O)[C@H](O[C@@H]2O[C@H](C)C[C@H](N(C)C)[C@H]2O)[C@@H](C)[C@H](OC2CC(C)(OC)C(O)C(C)O2)[C@@H](C)C(=O)O[C@H](CC)[C@@](C)(O)[C@H](O)[C@H]1C. The molecule has 5 N–H and O–H groups in total. The highest BCUT2D eigenvalue weighted by Gasteiger charge is 2.53. The molecule has 0 aromatic rings. The molecule has 3 fully saturated rings. The summed E-state index contributed by atoms with van der Waals surface area (Å²) in [6.45, 7) is 20.2. The molecule has 0 aromatic heterocycles. The number of methoxy groups -OCH3 is 1. The molecule has 426 valence electrons. The molecule has 15 heteroatoms. The molecular formula is C59H102N2O13. The Balaban J connectivity index is 1.86. The third-order valence-electron chi connectivity index (χ3n) is 15.2. The lowest BCUT2D eigenvalue weighted by Crippen LogP contribution is -2.60. The van der Waals surface area contributed by atoms with E-state index < -0.39 is 96.0 Å². The molecule has 3 aliphatic heterocycles. The molecule has 18 atom stereocenters. The topological polar surface area (TPSA) is 189 Å². The van der Waals surface area contributed by atoms with Crippen LogP contribution in [0.25, 0.3) is 0 Å². The highest BCUT2D eigenvalue weighted by atomic mass is 16.7. The summed E-state index contributed by atoms with van der Waals surface area (Å²) in [5, 5.41) is 61.6. The number of unbranched alkanes of at least 4 members (excludes halogenated alkanes) is 1. The van der Waals surface area contributed by atoms with Crippen LogP contribution in [-0.4, -0.2) is 166 Å². The maximum absolute atomic E-state index is 14.6. The van der Waals surface area contributed by atoms with Crippen LogP contribution in [-0.2, 0) is 38.1 Å². The third-order valence-corrected chi connectivity index (χ3v) is 15.2. The van der Waals surface area contributed by atoms with Crippen LogP contribution in [0.3, 0.4) is 0 Å². The number of ether oxygens (including phenoxy) is 6. The van der Waals surface area contributed by atoms with E-state index in [2.05, 4.69) is 79.8 Å². The maximum atomic E-state index is 14.6. The molecule has 3 aliphatic rings. The van der Waals surface area contributed by atoms with Gasteiger partial charge in [0.25, 0.3) is 0 Å². The van der Waals surface area contributed by atoms with Gasteiger partial charge in [0, 0.05) is 32.0 Å². The Morgan fingerprint density at radius 1 is 0.757 bits per heavy atom. The van der Waals surface area contributed by atoms with Crippen molar-refractivity contribution in [3.05, 3.63) is 72.9 Å². The Kier molecular flexibility index (Phi) is 28.7. The van der Waals surface area contributed by atoms with Crippen molar-refractivity contribution in [3.63, 3.8) is 0 Å². The molecule has 15 nitrogen and oxygen atoms in total. The van der Waals surface area contributed by atoms with E-state index in [-0.39, 0.29) is 43.9 Å². The average Bonchev–Trinajstić information content (AvgIpc) is 3.34. The summed E-state index contributed by atoms with van der Waals surface area (Å²) in [7, 11) is 5.29. The van der Waals surface area contributed by atoms with Crippen LogP contribution in [0.2, 0.25) is 0 Å². The molecular weight excluding hydrogens is 945 g/mol. The van der Waals surface area contributed by atoms with Crippen molar-refractivity contribution < 1.29 is 63.6 Å². The number of hydrogen-bond donors (Lipinski definition) is 5. The van der Waals surface area contributed by atoms with Gasteiger partial charge in [0.05, 0.1) is 54.2 Å². The molecule has 0 saturated carbocycles.